The lowest BCUT2D eigenvalue weighted by Gasteiger charge is -2.41. The monoisotopic (exact) mass is 512 g/mol. The molecule has 1 fully saturated rings. The van der Waals surface area contributed by atoms with E-state index in [0.717, 1.165) is 11.6 Å². The Balaban J connectivity index is 1.64. The van der Waals surface area contributed by atoms with E-state index in [4.69, 9.17) is 14.2 Å². The fraction of sp³-hybridized carbons (Fsp3) is 0.542. The van der Waals surface area contributed by atoms with E-state index < -0.39 is 35.7 Å². The number of hydrogen-bond acceptors (Lipinski definition) is 6. The molecule has 1 aliphatic heterocycles. The number of amides is 2. The Morgan fingerprint density at radius 1 is 1.08 bits per heavy atom. The maximum Gasteiger partial charge on any atom is 0.433 e. The number of piperazine rings is 1. The van der Waals surface area contributed by atoms with Crippen molar-refractivity contribution in [1.29, 1.82) is 0 Å². The highest BCUT2D eigenvalue weighted by atomic mass is 19.4. The molecule has 0 saturated carbocycles. The van der Waals surface area contributed by atoms with Gasteiger partial charge in [0.2, 0.25) is 5.88 Å². The van der Waals surface area contributed by atoms with Crippen LogP contribution in [0.2, 0.25) is 0 Å². The van der Waals surface area contributed by atoms with Crippen molar-refractivity contribution in [2.45, 2.75) is 51.6 Å². The summed E-state index contributed by atoms with van der Waals surface area (Å²) in [6.45, 7) is 5.96. The molecule has 36 heavy (non-hydrogen) atoms. The Bertz CT molecular complexity index is 1040. The number of aryl methyl sites for hydroxylation is 1. The van der Waals surface area contributed by atoms with Gasteiger partial charge in [0.15, 0.2) is 0 Å². The van der Waals surface area contributed by atoms with Crippen molar-refractivity contribution in [1.82, 2.24) is 19.6 Å². The molecule has 0 radical (unpaired) electrons. The third-order valence-electron chi connectivity index (χ3n) is 5.42. The van der Waals surface area contributed by atoms with Gasteiger partial charge in [-0.05, 0) is 26.3 Å². The average Bonchev–Trinajstić information content (AvgIpc) is 3.18. The van der Waals surface area contributed by atoms with Gasteiger partial charge >= 0.3 is 18.4 Å². The zero-order chi connectivity index (χ0) is 26.5. The number of alkyl halides is 3. The third kappa shape index (κ3) is 7.53. The van der Waals surface area contributed by atoms with Crippen LogP contribution in [0.5, 0.6) is 5.88 Å². The first-order chi connectivity index (χ1) is 16.8. The molecule has 0 aliphatic carbocycles. The number of carbonyl (C=O) groups excluding carboxylic acids is 2. The number of carbonyl (C=O) groups is 2. The van der Waals surface area contributed by atoms with Crippen molar-refractivity contribution in [2.24, 2.45) is 7.05 Å². The van der Waals surface area contributed by atoms with Crippen LogP contribution in [0.25, 0.3) is 0 Å². The summed E-state index contributed by atoms with van der Waals surface area (Å²) in [6, 6.07) is 9.56. The molecule has 2 amide bonds. The molecule has 198 valence electrons. The lowest BCUT2D eigenvalue weighted by atomic mass is 10.1. The molecule has 2 aromatic rings. The van der Waals surface area contributed by atoms with Crippen molar-refractivity contribution in [3.63, 3.8) is 0 Å². The largest absolute Gasteiger partial charge is 0.477 e. The summed E-state index contributed by atoms with van der Waals surface area (Å²) >= 11 is 0. The first kappa shape index (κ1) is 27.2. The number of hydrogen-bond donors (Lipinski definition) is 0. The van der Waals surface area contributed by atoms with Crippen LogP contribution in [-0.2, 0) is 29.3 Å². The van der Waals surface area contributed by atoms with E-state index in [1.165, 1.54) is 16.8 Å². The van der Waals surface area contributed by atoms with Gasteiger partial charge in [0.05, 0.1) is 12.6 Å². The number of aromatic nitrogens is 2. The van der Waals surface area contributed by atoms with E-state index in [9.17, 15) is 22.8 Å². The van der Waals surface area contributed by atoms with Crippen LogP contribution in [0.1, 0.15) is 38.4 Å². The minimum Gasteiger partial charge on any atom is -0.477 e. The van der Waals surface area contributed by atoms with E-state index in [1.54, 1.807) is 20.8 Å². The molecular weight excluding hydrogens is 481 g/mol. The molecule has 1 aliphatic rings. The van der Waals surface area contributed by atoms with Gasteiger partial charge < -0.3 is 24.0 Å². The maximum atomic E-state index is 13.0. The Morgan fingerprint density at radius 3 is 2.39 bits per heavy atom. The number of nitrogens with zero attached hydrogens (tertiary/aromatic N) is 4. The summed E-state index contributed by atoms with van der Waals surface area (Å²) in [5, 5.41) is 3.74. The summed E-state index contributed by atoms with van der Waals surface area (Å²) in [5.41, 5.74) is -0.805. The second kappa shape index (κ2) is 11.1. The van der Waals surface area contributed by atoms with Gasteiger partial charge in [-0.25, -0.2) is 9.59 Å². The van der Waals surface area contributed by atoms with E-state index in [1.807, 2.05) is 30.3 Å². The van der Waals surface area contributed by atoms with Gasteiger partial charge in [-0.15, -0.1) is 5.10 Å². The molecule has 0 bridgehead atoms. The number of ether oxygens (including phenoxy) is 3. The van der Waals surface area contributed by atoms with Gasteiger partial charge in [-0.1, -0.05) is 30.3 Å². The quantitative estimate of drug-likeness (QED) is 0.568. The number of rotatable bonds is 6. The molecule has 1 atom stereocenters. The standard InChI is InChI=1S/C24H31F3N4O5/c1-23(2,3)36-22(33)31-12-11-30(21(32)35-16-17-8-6-5-7-9-17)15-18(31)10-13-34-20-14-19(24(25,26)27)29(4)28-20/h5-9,14,18H,10-13,15-16H2,1-4H3/t18-/m1/s1. The topological polar surface area (TPSA) is 86.1 Å². The van der Waals surface area contributed by atoms with Gasteiger partial charge in [-0.2, -0.15) is 13.2 Å². The highest BCUT2D eigenvalue weighted by Gasteiger charge is 2.37. The van der Waals surface area contributed by atoms with Crippen LogP contribution in [0.3, 0.4) is 0 Å². The van der Waals surface area contributed by atoms with E-state index in [-0.39, 0.29) is 45.1 Å². The molecule has 0 N–H and O–H groups in total. The number of halogens is 3. The molecule has 1 aromatic heterocycles. The SMILES string of the molecule is Cn1nc(OCC[C@@H]2CN(C(=O)OCc3ccccc3)CCN2C(=O)OC(C)(C)C)cc1C(F)(F)F. The molecule has 9 nitrogen and oxygen atoms in total. The number of benzene rings is 1. The van der Waals surface area contributed by atoms with Gasteiger partial charge in [0.25, 0.3) is 0 Å². The Hall–Kier alpha value is -3.44. The Kier molecular flexibility index (Phi) is 8.36. The highest BCUT2D eigenvalue weighted by Crippen LogP contribution is 2.31. The molecule has 1 saturated heterocycles. The average molecular weight is 513 g/mol. The molecule has 3 rings (SSSR count). The zero-order valence-corrected chi connectivity index (χ0v) is 20.7. The zero-order valence-electron chi connectivity index (χ0n) is 20.7. The minimum atomic E-state index is -4.55. The second-order valence-corrected chi connectivity index (χ2v) is 9.44. The van der Waals surface area contributed by atoms with Gasteiger partial charge in [0.1, 0.15) is 17.9 Å². The summed E-state index contributed by atoms with van der Waals surface area (Å²) in [4.78, 5) is 28.5. The predicted molar refractivity (Wildman–Crippen MR) is 123 cm³/mol. The van der Waals surface area contributed by atoms with Gasteiger partial charge in [0, 0.05) is 39.2 Å². The second-order valence-electron chi connectivity index (χ2n) is 9.44. The fourth-order valence-electron chi connectivity index (χ4n) is 3.72. The van der Waals surface area contributed by atoms with E-state index >= 15 is 0 Å². The lowest BCUT2D eigenvalue weighted by molar-refractivity contribution is -0.143. The molecular formula is C24H31F3N4O5. The molecule has 0 spiro atoms. The molecule has 2 heterocycles. The lowest BCUT2D eigenvalue weighted by Crippen LogP contribution is -2.57. The molecule has 1 aromatic carbocycles. The smallest absolute Gasteiger partial charge is 0.433 e. The van der Waals surface area contributed by atoms with Crippen molar-refractivity contribution in [2.75, 3.05) is 26.2 Å². The first-order valence-corrected chi connectivity index (χ1v) is 11.5. The Labute approximate surface area is 207 Å². The Morgan fingerprint density at radius 2 is 1.78 bits per heavy atom. The van der Waals surface area contributed by atoms with E-state index in [2.05, 4.69) is 5.10 Å². The van der Waals surface area contributed by atoms with E-state index in [0.29, 0.717) is 4.68 Å². The van der Waals surface area contributed by atoms with Crippen LogP contribution in [-0.4, -0.2) is 69.7 Å². The maximum absolute atomic E-state index is 13.0. The summed E-state index contributed by atoms with van der Waals surface area (Å²) < 4.78 is 56.1. The fourth-order valence-corrected chi connectivity index (χ4v) is 3.72. The third-order valence-corrected chi connectivity index (χ3v) is 5.42. The van der Waals surface area contributed by atoms with Crippen molar-refractivity contribution in [3.05, 3.63) is 47.7 Å². The van der Waals surface area contributed by atoms with Crippen molar-refractivity contribution < 1.29 is 37.0 Å². The van der Waals surface area contributed by atoms with Crippen molar-refractivity contribution >= 4 is 12.2 Å². The predicted octanol–water partition coefficient (Wildman–Crippen LogP) is 4.47. The van der Waals surface area contributed by atoms with Crippen LogP contribution in [0, 0.1) is 0 Å². The first-order valence-electron chi connectivity index (χ1n) is 11.5. The van der Waals surface area contributed by atoms with Gasteiger partial charge in [-0.3, -0.25) is 4.68 Å². The highest BCUT2D eigenvalue weighted by molar-refractivity contribution is 5.71. The van der Waals surface area contributed by atoms with Crippen LogP contribution in [0.15, 0.2) is 36.4 Å². The van der Waals surface area contributed by atoms with Crippen LogP contribution < -0.4 is 4.74 Å². The van der Waals surface area contributed by atoms with Crippen LogP contribution >= 0.6 is 0 Å². The van der Waals surface area contributed by atoms with Crippen LogP contribution in [0.4, 0.5) is 22.8 Å². The minimum absolute atomic E-state index is 0.0226. The van der Waals surface area contributed by atoms with Crippen molar-refractivity contribution in [3.8, 4) is 5.88 Å². The molecule has 12 heteroatoms. The molecule has 0 unspecified atom stereocenters. The summed E-state index contributed by atoms with van der Waals surface area (Å²) in [6.07, 6.45) is -5.38. The summed E-state index contributed by atoms with van der Waals surface area (Å²) in [5.74, 6) is -0.177. The normalized spacial score (nSPS) is 16.6. The summed E-state index contributed by atoms with van der Waals surface area (Å²) in [7, 11) is 1.18.